The van der Waals surface area contributed by atoms with Crippen LogP contribution in [0.1, 0.15) is 31.1 Å². The van der Waals surface area contributed by atoms with Crippen molar-refractivity contribution in [2.24, 2.45) is 0 Å². The van der Waals surface area contributed by atoms with Crippen molar-refractivity contribution in [3.63, 3.8) is 0 Å². The molecule has 0 aromatic heterocycles. The van der Waals surface area contributed by atoms with Gasteiger partial charge >= 0.3 is 61.4 Å². The van der Waals surface area contributed by atoms with Crippen LogP contribution in [-0.4, -0.2) is 33.8 Å². The summed E-state index contributed by atoms with van der Waals surface area (Å²) in [5, 5.41) is 8.51. The maximum absolute atomic E-state index is 10.3. The molecule has 2 nitrogen and oxygen atoms in total. The summed E-state index contributed by atoms with van der Waals surface area (Å²) < 4.78 is 5.64. The second-order valence-corrected chi connectivity index (χ2v) is 18.9. The molecule has 4 heteroatoms. The average molecular weight is 542 g/mol. The molecule has 0 bridgehead atoms. The summed E-state index contributed by atoms with van der Waals surface area (Å²) in [5.41, 5.74) is 0.340. The van der Waals surface area contributed by atoms with E-state index >= 15 is 0 Å². The summed E-state index contributed by atoms with van der Waals surface area (Å²) in [5.74, 6) is -0.876. The quantitative estimate of drug-likeness (QED) is 0.449. The first-order valence-electron chi connectivity index (χ1n) is 5.87. The van der Waals surface area contributed by atoms with Crippen molar-refractivity contribution in [1.29, 1.82) is 0 Å². The Labute approximate surface area is 126 Å². The van der Waals surface area contributed by atoms with Crippen LogP contribution in [0.25, 0.3) is 0 Å². The van der Waals surface area contributed by atoms with E-state index in [0.717, 1.165) is 3.57 Å². The summed E-state index contributed by atoms with van der Waals surface area (Å²) in [6, 6.07) is 6.78. The van der Waals surface area contributed by atoms with Gasteiger partial charge in [-0.25, -0.2) is 4.79 Å². The van der Waals surface area contributed by atoms with Crippen molar-refractivity contribution < 1.29 is 9.90 Å². The monoisotopic (exact) mass is 543 g/mol. The molecule has 0 aliphatic rings. The molecule has 0 unspecified atom stereocenters. The zero-order chi connectivity index (χ0) is 13.3. The fourth-order valence-corrected chi connectivity index (χ4v) is 7.75. The Balaban J connectivity index is 0.000000325. The first kappa shape index (κ1) is 17.3. The molecule has 17 heavy (non-hydrogen) atoms. The molecule has 0 aliphatic carbocycles. The topological polar surface area (TPSA) is 37.3 Å². The van der Waals surface area contributed by atoms with Crippen molar-refractivity contribution in [1.82, 2.24) is 0 Å². The Morgan fingerprint density at radius 3 is 2.00 bits per heavy atom. The number of hydrogen-bond acceptors (Lipinski definition) is 1. The Hall–Kier alpha value is 0.342. The summed E-state index contributed by atoms with van der Waals surface area (Å²) in [7, 11) is 0. The third-order valence-corrected chi connectivity index (χ3v) is 14.9. The van der Waals surface area contributed by atoms with Gasteiger partial charge in [-0.2, -0.15) is 0 Å². The Morgan fingerprint density at radius 1 is 1.24 bits per heavy atom. The van der Waals surface area contributed by atoms with Crippen LogP contribution < -0.4 is 0 Å². The Morgan fingerprint density at radius 2 is 1.76 bits per heavy atom. The smallest absolute Gasteiger partial charge is 0.335 e. The average Bonchev–Trinajstić information content (AvgIpc) is 2.32. The van der Waals surface area contributed by atoms with E-state index in [9.17, 15) is 4.79 Å². The van der Waals surface area contributed by atoms with Crippen molar-refractivity contribution in [2.75, 3.05) is 0 Å². The van der Waals surface area contributed by atoms with Crippen molar-refractivity contribution >= 4 is 51.3 Å². The summed E-state index contributed by atoms with van der Waals surface area (Å²) in [6.07, 6.45) is 0. The molecule has 1 N–H and O–H groups in total. The van der Waals surface area contributed by atoms with Crippen LogP contribution in [0.3, 0.4) is 0 Å². The molecule has 0 spiro atoms. The van der Waals surface area contributed by atoms with Gasteiger partial charge in [-0.1, -0.05) is 6.07 Å². The predicted molar refractivity (Wildman–Crippen MR) is 83.3 cm³/mol. The van der Waals surface area contributed by atoms with E-state index in [1.165, 1.54) is 0 Å². The second-order valence-electron chi connectivity index (χ2n) is 3.63. The maximum atomic E-state index is 10.3. The van der Waals surface area contributed by atoms with Crippen LogP contribution in [0.2, 0.25) is 11.9 Å². The standard InChI is InChI=1S/C7H5IO2.3C2H5.Pb/c8-6-3-1-2-5(4-6)7(9)10;3*1-2;/h1-4H,(H,9,10);3*1H2,2H3;. The molecule has 1 radical (unpaired) electrons. The van der Waals surface area contributed by atoms with Gasteiger partial charge in [0.1, 0.15) is 0 Å². The number of carbonyl (C=O) groups is 1. The molecule has 0 saturated carbocycles. The fraction of sp³-hybridized carbons (Fsp3) is 0.462. The minimum Gasteiger partial charge on any atom is -0.478 e. The first-order valence-corrected chi connectivity index (χ1v) is 15.2. The van der Waals surface area contributed by atoms with Crippen molar-refractivity contribution in [3.8, 4) is 0 Å². The van der Waals surface area contributed by atoms with Gasteiger partial charge in [-0.3, -0.25) is 0 Å². The molecule has 0 aliphatic heterocycles. The van der Waals surface area contributed by atoms with E-state index in [1.807, 2.05) is 6.07 Å². The molecule has 1 aromatic rings. The molecule has 0 heterocycles. The molecule has 0 fully saturated rings. The van der Waals surface area contributed by atoms with Gasteiger partial charge in [0.05, 0.1) is 5.56 Å². The molecule has 0 saturated heterocycles. The zero-order valence-corrected chi connectivity index (χ0v) is 16.7. The Bertz CT molecular complexity index is 332. The minimum atomic E-state index is -0.876. The molecule has 0 amide bonds. The number of halogens is 1. The van der Waals surface area contributed by atoms with E-state index in [2.05, 4.69) is 43.4 Å². The van der Waals surface area contributed by atoms with Crippen molar-refractivity contribution in [2.45, 2.75) is 32.7 Å². The van der Waals surface area contributed by atoms with E-state index in [0.29, 0.717) is 5.56 Å². The summed E-state index contributed by atoms with van der Waals surface area (Å²) in [6.45, 7) is 7.07. The zero-order valence-electron chi connectivity index (χ0n) is 10.7. The minimum absolute atomic E-state index is 0.340. The molecule has 1 aromatic carbocycles. The number of carboxylic acid groups (broad SMARTS) is 1. The van der Waals surface area contributed by atoms with Gasteiger partial charge in [0.2, 0.25) is 0 Å². The van der Waals surface area contributed by atoms with Crippen LogP contribution in [0.4, 0.5) is 0 Å². The Kier molecular flexibility index (Phi) is 10.5. The van der Waals surface area contributed by atoms with Gasteiger partial charge in [-0.15, -0.1) is 0 Å². The molecular weight excluding hydrogens is 522 g/mol. The molecule has 1 rings (SSSR count). The van der Waals surface area contributed by atoms with Gasteiger partial charge in [0.25, 0.3) is 0 Å². The summed E-state index contributed by atoms with van der Waals surface area (Å²) in [4.78, 5) is 10.3. The number of aromatic carboxylic acids is 1. The normalized spacial score (nSPS) is 9.71. The summed E-state index contributed by atoms with van der Waals surface area (Å²) >= 11 is 1.29. The van der Waals surface area contributed by atoms with E-state index in [-0.39, 0.29) is 0 Å². The van der Waals surface area contributed by atoms with Gasteiger partial charge < -0.3 is 5.11 Å². The van der Waals surface area contributed by atoms with Crippen LogP contribution in [-0.2, 0) is 0 Å². The number of carboxylic acids is 1. The van der Waals surface area contributed by atoms with E-state index in [1.54, 1.807) is 30.1 Å². The third kappa shape index (κ3) is 8.12. The van der Waals surface area contributed by atoms with Gasteiger partial charge in [0.15, 0.2) is 0 Å². The van der Waals surface area contributed by atoms with E-state index in [4.69, 9.17) is 5.11 Å². The van der Waals surface area contributed by atoms with Crippen LogP contribution >= 0.6 is 22.6 Å². The molecule has 95 valence electrons. The van der Waals surface area contributed by atoms with Gasteiger partial charge in [0, 0.05) is 3.57 Å². The van der Waals surface area contributed by atoms with Crippen LogP contribution in [0.5, 0.6) is 0 Å². The third-order valence-electron chi connectivity index (χ3n) is 2.57. The SMILES string of the molecule is C[CH2][Pb]([CH2]C)[CH2]C.O=C(O)c1cccc(I)c1. The number of hydrogen-bond donors (Lipinski definition) is 1. The number of rotatable bonds is 4. The van der Waals surface area contributed by atoms with Gasteiger partial charge in [-0.05, 0) is 40.8 Å². The van der Waals surface area contributed by atoms with E-state index < -0.39 is 28.7 Å². The second kappa shape index (κ2) is 10.3. The number of benzene rings is 1. The first-order chi connectivity index (χ1) is 8.04. The fourth-order valence-electron chi connectivity index (χ4n) is 1.37. The van der Waals surface area contributed by atoms with Crippen LogP contribution in [0.15, 0.2) is 24.3 Å². The largest absolute Gasteiger partial charge is 0.478 e. The maximum Gasteiger partial charge on any atom is 0.335 e. The van der Waals surface area contributed by atoms with Crippen molar-refractivity contribution in [3.05, 3.63) is 33.4 Å². The molecule has 0 atom stereocenters. The predicted octanol–water partition coefficient (Wildman–Crippen LogP) is 4.53. The van der Waals surface area contributed by atoms with Crippen LogP contribution in [0, 0.1) is 3.57 Å². The molecular formula is C13H20IO2Pb.